The molecular weight excluding hydrogens is 352 g/mol. The molecule has 3 aromatic heterocycles. The summed E-state index contributed by atoms with van der Waals surface area (Å²) >= 11 is 0. The van der Waals surface area contributed by atoms with Crippen LogP contribution in [0.25, 0.3) is 22.6 Å². The van der Waals surface area contributed by atoms with Gasteiger partial charge in [-0.25, -0.2) is 4.98 Å². The number of pyridine rings is 1. The maximum absolute atomic E-state index is 5.23. The molecule has 4 heterocycles. The quantitative estimate of drug-likeness (QED) is 0.705. The van der Waals surface area contributed by atoms with Crippen LogP contribution in [0.3, 0.4) is 0 Å². The molecule has 1 fully saturated rings. The number of anilines is 1. The normalized spacial score (nSPS) is 17.4. The molecule has 146 valence electrons. The lowest BCUT2D eigenvalue weighted by molar-refractivity contribution is 0.573. The van der Waals surface area contributed by atoms with Gasteiger partial charge in [0.05, 0.1) is 11.3 Å². The summed E-state index contributed by atoms with van der Waals surface area (Å²) in [4.78, 5) is 7.64. The standard InChI is InChI=1S/C20H26N8/c1-27-16(10-11-21-27)17-14-8-4-2-5-9-15(14)22-20(28-12-6-3-7-13-28)18(17)19-23-25-26-24-19/h10-11H,2-9,12-13H2,1H3,(H,23,24,25,26). The number of tetrazole rings is 1. The van der Waals surface area contributed by atoms with Gasteiger partial charge in [0.2, 0.25) is 5.82 Å². The molecule has 0 radical (unpaired) electrons. The molecule has 3 aromatic rings. The lowest BCUT2D eigenvalue weighted by Gasteiger charge is -2.31. The monoisotopic (exact) mass is 378 g/mol. The fourth-order valence-corrected chi connectivity index (χ4v) is 4.62. The largest absolute Gasteiger partial charge is 0.356 e. The average Bonchev–Trinajstić information content (AvgIpc) is 3.34. The molecule has 0 spiro atoms. The van der Waals surface area contributed by atoms with E-state index in [2.05, 4.69) is 36.7 Å². The second-order valence-electron chi connectivity index (χ2n) is 7.79. The molecule has 0 saturated carbocycles. The molecule has 1 aliphatic heterocycles. The zero-order valence-corrected chi connectivity index (χ0v) is 16.4. The highest BCUT2D eigenvalue weighted by molar-refractivity contribution is 5.89. The SMILES string of the molecule is Cn1nccc1-c1c2c(nc(N3CCCCC3)c1-c1nn[nH]n1)CCCCC2. The molecule has 0 bridgehead atoms. The molecule has 0 amide bonds. The molecule has 0 atom stereocenters. The van der Waals surface area contributed by atoms with Crippen molar-refractivity contribution in [3.8, 4) is 22.6 Å². The smallest absolute Gasteiger partial charge is 0.209 e. The highest BCUT2D eigenvalue weighted by Crippen LogP contribution is 2.42. The number of piperidine rings is 1. The van der Waals surface area contributed by atoms with Crippen LogP contribution in [0.5, 0.6) is 0 Å². The van der Waals surface area contributed by atoms with Crippen molar-refractivity contribution in [1.82, 2.24) is 35.4 Å². The van der Waals surface area contributed by atoms with Crippen molar-refractivity contribution in [2.24, 2.45) is 7.05 Å². The zero-order valence-electron chi connectivity index (χ0n) is 16.4. The number of nitrogens with zero attached hydrogens (tertiary/aromatic N) is 7. The van der Waals surface area contributed by atoms with Crippen molar-refractivity contribution in [3.05, 3.63) is 23.5 Å². The topological polar surface area (TPSA) is 88.4 Å². The second kappa shape index (κ2) is 7.33. The van der Waals surface area contributed by atoms with Gasteiger partial charge in [-0.3, -0.25) is 4.68 Å². The maximum Gasteiger partial charge on any atom is 0.209 e. The van der Waals surface area contributed by atoms with Crippen LogP contribution in [0, 0.1) is 0 Å². The molecule has 1 saturated heterocycles. The number of aromatic nitrogens is 7. The number of nitrogens with one attached hydrogen (secondary N) is 1. The van der Waals surface area contributed by atoms with Crippen LogP contribution in [0.1, 0.15) is 49.8 Å². The van der Waals surface area contributed by atoms with Gasteiger partial charge in [0.15, 0.2) is 0 Å². The van der Waals surface area contributed by atoms with Crippen molar-refractivity contribution in [2.75, 3.05) is 18.0 Å². The number of H-pyrrole nitrogens is 1. The van der Waals surface area contributed by atoms with Gasteiger partial charge in [-0.05, 0) is 61.8 Å². The minimum Gasteiger partial charge on any atom is -0.356 e. The molecule has 5 rings (SSSR count). The van der Waals surface area contributed by atoms with Crippen LogP contribution in [0.15, 0.2) is 12.3 Å². The van der Waals surface area contributed by atoms with Crippen LogP contribution >= 0.6 is 0 Å². The van der Waals surface area contributed by atoms with Gasteiger partial charge in [0.25, 0.3) is 0 Å². The minimum atomic E-state index is 0.622. The predicted molar refractivity (Wildman–Crippen MR) is 107 cm³/mol. The Kier molecular flexibility index (Phi) is 4.54. The third-order valence-corrected chi connectivity index (χ3v) is 6.01. The van der Waals surface area contributed by atoms with Gasteiger partial charge >= 0.3 is 0 Å². The maximum atomic E-state index is 5.23. The summed E-state index contributed by atoms with van der Waals surface area (Å²) in [6.45, 7) is 2.06. The minimum absolute atomic E-state index is 0.622. The van der Waals surface area contributed by atoms with Crippen LogP contribution in [-0.4, -0.2) is 48.5 Å². The number of hydrogen-bond acceptors (Lipinski definition) is 6. The molecule has 8 nitrogen and oxygen atoms in total. The van der Waals surface area contributed by atoms with E-state index in [4.69, 9.17) is 4.98 Å². The van der Waals surface area contributed by atoms with E-state index in [0.29, 0.717) is 5.82 Å². The van der Waals surface area contributed by atoms with Gasteiger partial charge in [0.1, 0.15) is 5.82 Å². The Morgan fingerprint density at radius 1 is 0.964 bits per heavy atom. The van der Waals surface area contributed by atoms with Gasteiger partial charge in [-0.15, -0.1) is 10.2 Å². The Morgan fingerprint density at radius 3 is 2.54 bits per heavy atom. The summed E-state index contributed by atoms with van der Waals surface area (Å²) in [7, 11) is 2.00. The third kappa shape index (κ3) is 2.96. The first kappa shape index (κ1) is 17.3. The lowest BCUT2D eigenvalue weighted by atomic mass is 9.93. The van der Waals surface area contributed by atoms with Gasteiger partial charge < -0.3 is 4.90 Å². The summed E-state index contributed by atoms with van der Waals surface area (Å²) in [5.74, 6) is 1.63. The van der Waals surface area contributed by atoms with Gasteiger partial charge in [-0.1, -0.05) is 6.42 Å². The van der Waals surface area contributed by atoms with E-state index in [1.807, 2.05) is 17.9 Å². The molecule has 1 aliphatic carbocycles. The summed E-state index contributed by atoms with van der Waals surface area (Å²) in [6, 6.07) is 2.09. The average molecular weight is 378 g/mol. The van der Waals surface area contributed by atoms with Gasteiger partial charge in [0, 0.05) is 37.6 Å². The van der Waals surface area contributed by atoms with Crippen LogP contribution in [0.4, 0.5) is 5.82 Å². The van der Waals surface area contributed by atoms with Gasteiger partial charge in [-0.2, -0.15) is 10.3 Å². The lowest BCUT2D eigenvalue weighted by Crippen LogP contribution is -2.31. The molecule has 1 N–H and O–H groups in total. The summed E-state index contributed by atoms with van der Waals surface area (Å²) in [5.41, 5.74) is 5.86. The highest BCUT2D eigenvalue weighted by Gasteiger charge is 2.29. The van der Waals surface area contributed by atoms with Crippen molar-refractivity contribution >= 4 is 5.82 Å². The fourth-order valence-electron chi connectivity index (χ4n) is 4.62. The van der Waals surface area contributed by atoms with E-state index in [0.717, 1.165) is 43.0 Å². The molecule has 8 heteroatoms. The van der Waals surface area contributed by atoms with E-state index >= 15 is 0 Å². The number of fused-ring (bicyclic) bond motifs is 1. The number of rotatable bonds is 3. The summed E-state index contributed by atoms with van der Waals surface area (Å²) in [6.07, 6.45) is 11.3. The Balaban J connectivity index is 1.82. The Morgan fingerprint density at radius 2 is 1.79 bits per heavy atom. The van der Waals surface area contributed by atoms with Crippen LogP contribution < -0.4 is 4.90 Å². The van der Waals surface area contributed by atoms with E-state index in [1.54, 1.807) is 0 Å². The Bertz CT molecular complexity index is 953. The predicted octanol–water partition coefficient (Wildman–Crippen LogP) is 2.92. The Labute approximate surface area is 164 Å². The second-order valence-corrected chi connectivity index (χ2v) is 7.79. The van der Waals surface area contributed by atoms with E-state index in [1.165, 1.54) is 55.3 Å². The first-order chi connectivity index (χ1) is 13.8. The molecule has 2 aliphatic rings. The zero-order chi connectivity index (χ0) is 18.9. The van der Waals surface area contributed by atoms with Crippen molar-refractivity contribution in [1.29, 1.82) is 0 Å². The van der Waals surface area contributed by atoms with E-state index < -0.39 is 0 Å². The third-order valence-electron chi connectivity index (χ3n) is 6.01. The number of aryl methyl sites for hydroxylation is 2. The molecule has 0 aromatic carbocycles. The van der Waals surface area contributed by atoms with Crippen molar-refractivity contribution in [2.45, 2.75) is 51.4 Å². The number of aromatic amines is 1. The first-order valence-corrected chi connectivity index (χ1v) is 10.4. The fraction of sp³-hybridized carbons (Fsp3) is 0.550. The summed E-state index contributed by atoms with van der Waals surface area (Å²) < 4.78 is 1.95. The van der Waals surface area contributed by atoms with E-state index in [-0.39, 0.29) is 0 Å². The van der Waals surface area contributed by atoms with E-state index in [9.17, 15) is 0 Å². The van der Waals surface area contributed by atoms with Crippen LogP contribution in [0.2, 0.25) is 0 Å². The summed E-state index contributed by atoms with van der Waals surface area (Å²) in [5, 5.41) is 19.7. The molecule has 28 heavy (non-hydrogen) atoms. The molecule has 0 unspecified atom stereocenters. The van der Waals surface area contributed by atoms with Crippen molar-refractivity contribution in [3.63, 3.8) is 0 Å². The van der Waals surface area contributed by atoms with Crippen LogP contribution in [-0.2, 0) is 19.9 Å². The molecular formula is C20H26N8. The Hall–Kier alpha value is -2.77. The van der Waals surface area contributed by atoms with Crippen molar-refractivity contribution < 1.29 is 0 Å². The first-order valence-electron chi connectivity index (χ1n) is 10.4. The number of hydrogen-bond donors (Lipinski definition) is 1. The highest BCUT2D eigenvalue weighted by atomic mass is 15.5.